The van der Waals surface area contributed by atoms with Gasteiger partial charge in [0.15, 0.2) is 5.56 Å². The summed E-state index contributed by atoms with van der Waals surface area (Å²) in [6.07, 6.45) is -4.90. The number of hydrogen-bond acceptors (Lipinski definition) is 3. The minimum absolute atomic E-state index is 0.152. The van der Waals surface area contributed by atoms with Crippen LogP contribution in [0.5, 0.6) is 11.6 Å². The van der Waals surface area contributed by atoms with E-state index in [1.165, 1.54) is 19.2 Å². The summed E-state index contributed by atoms with van der Waals surface area (Å²) in [6, 6.07) is 9.84. The van der Waals surface area contributed by atoms with Crippen molar-refractivity contribution in [1.82, 2.24) is 9.78 Å². The summed E-state index contributed by atoms with van der Waals surface area (Å²) >= 11 is 0. The van der Waals surface area contributed by atoms with Crippen LogP contribution in [0, 0.1) is 5.95 Å². The van der Waals surface area contributed by atoms with Crippen molar-refractivity contribution >= 4 is 10.8 Å². The second-order valence-electron chi connectivity index (χ2n) is 4.98. The third kappa shape index (κ3) is 2.64. The smallest absolute Gasteiger partial charge is 0.426 e. The van der Waals surface area contributed by atoms with Crippen molar-refractivity contribution in [3.05, 3.63) is 47.9 Å². The molecule has 0 N–H and O–H groups in total. The number of aromatic nitrogens is 2. The normalized spacial score (nSPS) is 11.8. The molecule has 0 fully saturated rings. The number of benzene rings is 2. The van der Waals surface area contributed by atoms with E-state index >= 15 is 0 Å². The van der Waals surface area contributed by atoms with Gasteiger partial charge in [0.25, 0.3) is 0 Å². The van der Waals surface area contributed by atoms with Crippen molar-refractivity contribution in [1.29, 1.82) is 0 Å². The van der Waals surface area contributed by atoms with E-state index in [4.69, 9.17) is 4.74 Å². The van der Waals surface area contributed by atoms with E-state index < -0.39 is 23.6 Å². The molecule has 0 aliphatic heterocycles. The Hall–Kier alpha value is -2.77. The fraction of sp³-hybridized carbons (Fsp3) is 0.188. The summed E-state index contributed by atoms with van der Waals surface area (Å²) in [5.74, 6) is -1.69. The number of fused-ring (bicyclic) bond motifs is 1. The molecular weight excluding hydrogens is 328 g/mol. The molecule has 0 saturated carbocycles. The Labute approximate surface area is 134 Å². The Bertz CT molecular complexity index is 903. The molecule has 1 aromatic heterocycles. The second-order valence-corrected chi connectivity index (χ2v) is 4.98. The summed E-state index contributed by atoms with van der Waals surface area (Å²) in [7, 11) is 2.54. The summed E-state index contributed by atoms with van der Waals surface area (Å²) in [5.41, 5.74) is -1.38. The number of alkyl halides is 3. The predicted molar refractivity (Wildman–Crippen MR) is 79.1 cm³/mol. The van der Waals surface area contributed by atoms with Crippen LogP contribution in [-0.2, 0) is 6.18 Å². The number of ether oxygens (including phenoxy) is 2. The van der Waals surface area contributed by atoms with Gasteiger partial charge in [-0.05, 0) is 35.0 Å². The first-order valence-corrected chi connectivity index (χ1v) is 6.83. The van der Waals surface area contributed by atoms with Crippen molar-refractivity contribution in [2.45, 2.75) is 6.18 Å². The zero-order valence-electron chi connectivity index (χ0n) is 12.7. The summed E-state index contributed by atoms with van der Waals surface area (Å²) in [5, 5.41) is 5.08. The molecule has 0 saturated heterocycles. The molecular formula is C16H12F4N2O2. The number of nitrogens with zero attached hydrogens (tertiary/aromatic N) is 2. The van der Waals surface area contributed by atoms with Gasteiger partial charge in [-0.15, -0.1) is 5.10 Å². The highest BCUT2D eigenvalue weighted by Crippen LogP contribution is 2.38. The molecule has 8 heteroatoms. The highest BCUT2D eigenvalue weighted by Gasteiger charge is 2.42. The van der Waals surface area contributed by atoms with E-state index in [9.17, 15) is 17.6 Å². The van der Waals surface area contributed by atoms with E-state index in [0.717, 1.165) is 12.5 Å². The number of halogens is 4. The molecule has 0 atom stereocenters. The van der Waals surface area contributed by atoms with Gasteiger partial charge >= 0.3 is 6.18 Å². The number of methoxy groups -OCH3 is 2. The molecule has 1 heterocycles. The topological polar surface area (TPSA) is 36.3 Å². The Morgan fingerprint density at radius 2 is 1.62 bits per heavy atom. The van der Waals surface area contributed by atoms with Crippen LogP contribution in [0.15, 0.2) is 36.4 Å². The van der Waals surface area contributed by atoms with Gasteiger partial charge in [0.05, 0.1) is 19.9 Å². The zero-order chi connectivity index (χ0) is 17.5. The van der Waals surface area contributed by atoms with Crippen LogP contribution in [0.25, 0.3) is 16.5 Å². The fourth-order valence-corrected chi connectivity index (χ4v) is 2.40. The summed E-state index contributed by atoms with van der Waals surface area (Å²) in [6.45, 7) is 0. The van der Waals surface area contributed by atoms with Crippen molar-refractivity contribution in [2.24, 2.45) is 0 Å². The SMILES string of the molecule is COc1ccc2cc(-n3nc(OC)c(C(F)(F)F)c3F)ccc2c1. The maximum absolute atomic E-state index is 14.3. The van der Waals surface area contributed by atoms with Gasteiger partial charge in [-0.2, -0.15) is 17.6 Å². The van der Waals surface area contributed by atoms with Crippen LogP contribution < -0.4 is 9.47 Å². The maximum Gasteiger partial charge on any atom is 0.426 e. The van der Waals surface area contributed by atoms with Gasteiger partial charge in [0, 0.05) is 0 Å². The van der Waals surface area contributed by atoms with Crippen molar-refractivity contribution < 1.29 is 27.0 Å². The maximum atomic E-state index is 14.3. The quantitative estimate of drug-likeness (QED) is 0.671. The first kappa shape index (κ1) is 16.1. The van der Waals surface area contributed by atoms with Crippen LogP contribution in [-0.4, -0.2) is 24.0 Å². The number of hydrogen-bond donors (Lipinski definition) is 0. The lowest BCUT2D eigenvalue weighted by Crippen LogP contribution is -2.09. The molecule has 4 nitrogen and oxygen atoms in total. The largest absolute Gasteiger partial charge is 0.497 e. The molecule has 0 aliphatic rings. The minimum Gasteiger partial charge on any atom is -0.497 e. The van der Waals surface area contributed by atoms with Crippen LogP contribution in [0.2, 0.25) is 0 Å². The van der Waals surface area contributed by atoms with E-state index in [-0.39, 0.29) is 5.69 Å². The summed E-state index contributed by atoms with van der Waals surface area (Å²) < 4.78 is 63.4. The Balaban J connectivity index is 2.15. The molecule has 2 aromatic carbocycles. The minimum atomic E-state index is -4.90. The third-order valence-electron chi connectivity index (χ3n) is 3.55. The molecule has 24 heavy (non-hydrogen) atoms. The summed E-state index contributed by atoms with van der Waals surface area (Å²) in [4.78, 5) is 0. The van der Waals surface area contributed by atoms with E-state index in [0.29, 0.717) is 15.8 Å². The Morgan fingerprint density at radius 1 is 0.958 bits per heavy atom. The average Bonchev–Trinajstić information content (AvgIpc) is 2.90. The molecule has 0 amide bonds. The van der Waals surface area contributed by atoms with Crippen LogP contribution in [0.1, 0.15) is 5.56 Å². The van der Waals surface area contributed by atoms with Gasteiger partial charge in [-0.3, -0.25) is 0 Å². The predicted octanol–water partition coefficient (Wildman–Crippen LogP) is 4.20. The lowest BCUT2D eigenvalue weighted by molar-refractivity contribution is -0.141. The van der Waals surface area contributed by atoms with Crippen molar-refractivity contribution in [2.75, 3.05) is 14.2 Å². The van der Waals surface area contributed by atoms with Gasteiger partial charge < -0.3 is 9.47 Å². The molecule has 3 aromatic rings. The van der Waals surface area contributed by atoms with Gasteiger partial charge in [0.2, 0.25) is 11.8 Å². The standard InChI is InChI=1S/C16H12F4N2O2/c1-23-12-6-4-9-7-11(5-3-10(9)8-12)22-14(17)13(16(18,19)20)15(21-22)24-2/h3-8H,1-2H3. The first-order chi connectivity index (χ1) is 11.3. The molecule has 0 unspecified atom stereocenters. The van der Waals surface area contributed by atoms with E-state index in [1.54, 1.807) is 24.3 Å². The fourth-order valence-electron chi connectivity index (χ4n) is 2.40. The lowest BCUT2D eigenvalue weighted by Gasteiger charge is -2.07. The highest BCUT2D eigenvalue weighted by atomic mass is 19.4. The van der Waals surface area contributed by atoms with E-state index in [1.807, 2.05) is 0 Å². The van der Waals surface area contributed by atoms with Crippen LogP contribution >= 0.6 is 0 Å². The zero-order valence-corrected chi connectivity index (χ0v) is 12.7. The average molecular weight is 340 g/mol. The molecule has 3 rings (SSSR count). The lowest BCUT2D eigenvalue weighted by atomic mass is 10.1. The molecule has 0 bridgehead atoms. The van der Waals surface area contributed by atoms with Crippen molar-refractivity contribution in [3.8, 4) is 17.3 Å². The monoisotopic (exact) mass is 340 g/mol. The van der Waals surface area contributed by atoms with E-state index in [2.05, 4.69) is 9.84 Å². The van der Waals surface area contributed by atoms with Crippen LogP contribution in [0.4, 0.5) is 17.6 Å². The van der Waals surface area contributed by atoms with Crippen LogP contribution in [0.3, 0.4) is 0 Å². The number of rotatable bonds is 3. The van der Waals surface area contributed by atoms with Gasteiger partial charge in [-0.25, -0.2) is 4.68 Å². The van der Waals surface area contributed by atoms with Gasteiger partial charge in [0.1, 0.15) is 5.75 Å². The second kappa shape index (κ2) is 5.70. The van der Waals surface area contributed by atoms with Crippen molar-refractivity contribution in [3.63, 3.8) is 0 Å². The third-order valence-corrected chi connectivity index (χ3v) is 3.55. The molecule has 0 radical (unpaired) electrons. The Morgan fingerprint density at radius 3 is 2.21 bits per heavy atom. The first-order valence-electron chi connectivity index (χ1n) is 6.83. The highest BCUT2D eigenvalue weighted by molar-refractivity contribution is 5.85. The molecule has 0 aliphatic carbocycles. The molecule has 126 valence electrons. The van der Waals surface area contributed by atoms with Gasteiger partial charge in [-0.1, -0.05) is 12.1 Å². The Kier molecular flexibility index (Phi) is 3.82. The molecule has 0 spiro atoms.